The first-order valence-electron chi connectivity index (χ1n) is 7.01. The molecule has 0 aromatic heterocycles. The number of benzene rings is 2. The van der Waals surface area contributed by atoms with Gasteiger partial charge in [-0.25, -0.2) is 9.59 Å². The molecule has 2 aromatic rings. The summed E-state index contributed by atoms with van der Waals surface area (Å²) >= 11 is 0. The van der Waals surface area contributed by atoms with Crippen molar-refractivity contribution in [2.45, 2.75) is 6.54 Å². The van der Waals surface area contributed by atoms with Crippen LogP contribution in [0.3, 0.4) is 0 Å². The predicted octanol–water partition coefficient (Wildman–Crippen LogP) is 1.78. The van der Waals surface area contributed by atoms with Gasteiger partial charge in [-0.15, -0.1) is 0 Å². The van der Waals surface area contributed by atoms with E-state index in [1.807, 2.05) is 30.3 Å². The molecular formula is C17H15NO6. The number of hydrogen-bond acceptors (Lipinski definition) is 4. The quantitative estimate of drug-likeness (QED) is 0.713. The molecule has 24 heavy (non-hydrogen) atoms. The molecule has 0 unspecified atom stereocenters. The molecule has 0 bridgehead atoms. The summed E-state index contributed by atoms with van der Waals surface area (Å²) in [5.41, 5.74) is 0.469. The number of nitrogens with one attached hydrogen (secondary N) is 1. The first-order chi connectivity index (χ1) is 11.5. The van der Waals surface area contributed by atoms with Gasteiger partial charge in [-0.05, 0) is 23.8 Å². The molecule has 124 valence electrons. The topological polar surface area (TPSA) is 113 Å². The van der Waals surface area contributed by atoms with Crippen LogP contribution in [-0.2, 0) is 11.3 Å². The van der Waals surface area contributed by atoms with Crippen LogP contribution in [0.15, 0.2) is 48.5 Å². The zero-order valence-electron chi connectivity index (χ0n) is 12.6. The van der Waals surface area contributed by atoms with Crippen molar-refractivity contribution in [1.82, 2.24) is 5.32 Å². The first-order valence-corrected chi connectivity index (χ1v) is 7.01. The summed E-state index contributed by atoms with van der Waals surface area (Å²) in [4.78, 5) is 33.8. The predicted molar refractivity (Wildman–Crippen MR) is 84.1 cm³/mol. The molecular weight excluding hydrogens is 314 g/mol. The Bertz CT molecular complexity index is 725. The summed E-state index contributed by atoms with van der Waals surface area (Å²) in [5, 5.41) is 20.6. The number of amides is 1. The van der Waals surface area contributed by atoms with E-state index in [9.17, 15) is 14.4 Å². The van der Waals surface area contributed by atoms with Crippen molar-refractivity contribution in [1.29, 1.82) is 0 Å². The summed E-state index contributed by atoms with van der Waals surface area (Å²) in [5.74, 6) is -2.97. The monoisotopic (exact) mass is 329 g/mol. The standard InChI is InChI=1S/C17H15NO6/c19-15(18-9-11-4-2-1-3-5-11)10-24-14-7-12(16(20)21)6-13(8-14)17(22)23/h1-8H,9-10H2,(H,18,19)(H,20,21)(H,22,23). The minimum absolute atomic E-state index is 0.00200. The minimum atomic E-state index is -1.28. The van der Waals surface area contributed by atoms with E-state index in [0.717, 1.165) is 11.6 Å². The van der Waals surface area contributed by atoms with E-state index >= 15 is 0 Å². The molecule has 0 saturated heterocycles. The van der Waals surface area contributed by atoms with Crippen LogP contribution < -0.4 is 10.1 Å². The van der Waals surface area contributed by atoms with E-state index in [1.54, 1.807) is 0 Å². The number of aromatic carboxylic acids is 2. The van der Waals surface area contributed by atoms with Crippen LogP contribution in [0, 0.1) is 0 Å². The Labute approximate surface area is 137 Å². The molecule has 0 aliphatic heterocycles. The van der Waals surface area contributed by atoms with Gasteiger partial charge in [0.15, 0.2) is 6.61 Å². The lowest BCUT2D eigenvalue weighted by Crippen LogP contribution is -2.28. The third-order valence-electron chi connectivity index (χ3n) is 3.10. The third kappa shape index (κ3) is 4.84. The second-order valence-electron chi connectivity index (χ2n) is 4.91. The first kappa shape index (κ1) is 17.0. The number of carbonyl (C=O) groups is 3. The van der Waals surface area contributed by atoms with Gasteiger partial charge in [0.05, 0.1) is 11.1 Å². The summed E-state index contributed by atoms with van der Waals surface area (Å²) in [6.07, 6.45) is 0. The van der Waals surface area contributed by atoms with Gasteiger partial charge in [-0.3, -0.25) is 4.79 Å². The van der Waals surface area contributed by atoms with E-state index in [-0.39, 0.29) is 23.5 Å². The third-order valence-corrected chi connectivity index (χ3v) is 3.10. The van der Waals surface area contributed by atoms with E-state index in [1.165, 1.54) is 12.1 Å². The Balaban J connectivity index is 1.96. The molecule has 0 spiro atoms. The van der Waals surface area contributed by atoms with Gasteiger partial charge in [-0.2, -0.15) is 0 Å². The van der Waals surface area contributed by atoms with Crippen LogP contribution in [0.2, 0.25) is 0 Å². The van der Waals surface area contributed by atoms with Crippen LogP contribution in [0.25, 0.3) is 0 Å². The van der Waals surface area contributed by atoms with Gasteiger partial charge in [0.25, 0.3) is 5.91 Å². The Morgan fingerprint density at radius 2 is 1.50 bits per heavy atom. The fraction of sp³-hybridized carbons (Fsp3) is 0.118. The van der Waals surface area contributed by atoms with Crippen molar-refractivity contribution in [3.63, 3.8) is 0 Å². The normalized spacial score (nSPS) is 10.0. The highest BCUT2D eigenvalue weighted by Gasteiger charge is 2.13. The zero-order chi connectivity index (χ0) is 17.5. The lowest BCUT2D eigenvalue weighted by molar-refractivity contribution is -0.123. The Morgan fingerprint density at radius 3 is 2.04 bits per heavy atom. The highest BCUT2D eigenvalue weighted by atomic mass is 16.5. The summed E-state index contributed by atoms with van der Waals surface area (Å²) in [7, 11) is 0. The lowest BCUT2D eigenvalue weighted by atomic mass is 10.1. The van der Waals surface area contributed by atoms with Crippen molar-refractivity contribution in [2.24, 2.45) is 0 Å². The van der Waals surface area contributed by atoms with E-state index in [4.69, 9.17) is 14.9 Å². The van der Waals surface area contributed by atoms with E-state index in [2.05, 4.69) is 5.32 Å². The molecule has 0 aliphatic carbocycles. The second kappa shape index (κ2) is 7.77. The van der Waals surface area contributed by atoms with Crippen LogP contribution in [0.4, 0.5) is 0 Å². The Morgan fingerprint density at radius 1 is 0.917 bits per heavy atom. The minimum Gasteiger partial charge on any atom is -0.484 e. The average molecular weight is 329 g/mol. The smallest absolute Gasteiger partial charge is 0.335 e. The number of carboxylic acid groups (broad SMARTS) is 2. The number of ether oxygens (including phenoxy) is 1. The van der Waals surface area contributed by atoms with Gasteiger partial charge in [-0.1, -0.05) is 30.3 Å². The zero-order valence-corrected chi connectivity index (χ0v) is 12.6. The Kier molecular flexibility index (Phi) is 5.51. The van der Waals surface area contributed by atoms with Crippen molar-refractivity contribution < 1.29 is 29.3 Å². The highest BCUT2D eigenvalue weighted by Crippen LogP contribution is 2.17. The molecule has 0 aliphatic rings. The summed E-state index contributed by atoms with van der Waals surface area (Å²) in [6, 6.07) is 12.6. The molecule has 2 aromatic carbocycles. The van der Waals surface area contributed by atoms with Crippen LogP contribution in [0.1, 0.15) is 26.3 Å². The van der Waals surface area contributed by atoms with E-state index in [0.29, 0.717) is 6.54 Å². The molecule has 2 rings (SSSR count). The van der Waals surface area contributed by atoms with Gasteiger partial charge in [0.1, 0.15) is 5.75 Å². The lowest BCUT2D eigenvalue weighted by Gasteiger charge is -2.09. The molecule has 7 nitrogen and oxygen atoms in total. The average Bonchev–Trinajstić information content (AvgIpc) is 2.58. The van der Waals surface area contributed by atoms with Crippen molar-refractivity contribution in [2.75, 3.05) is 6.61 Å². The molecule has 0 heterocycles. The largest absolute Gasteiger partial charge is 0.484 e. The molecule has 0 fully saturated rings. The maximum absolute atomic E-state index is 11.8. The number of carbonyl (C=O) groups excluding carboxylic acids is 1. The van der Waals surface area contributed by atoms with Gasteiger partial charge in [0, 0.05) is 6.54 Å². The maximum atomic E-state index is 11.8. The molecule has 3 N–H and O–H groups in total. The molecule has 1 amide bonds. The molecule has 0 atom stereocenters. The number of carboxylic acids is 2. The summed E-state index contributed by atoms with van der Waals surface area (Å²) in [6.45, 7) is -0.0203. The highest BCUT2D eigenvalue weighted by molar-refractivity contribution is 5.94. The van der Waals surface area contributed by atoms with Crippen LogP contribution >= 0.6 is 0 Å². The van der Waals surface area contributed by atoms with Crippen LogP contribution in [-0.4, -0.2) is 34.7 Å². The van der Waals surface area contributed by atoms with Gasteiger partial charge >= 0.3 is 11.9 Å². The second-order valence-corrected chi connectivity index (χ2v) is 4.91. The van der Waals surface area contributed by atoms with Gasteiger partial charge < -0.3 is 20.3 Å². The summed E-state index contributed by atoms with van der Waals surface area (Å²) < 4.78 is 5.20. The Hall–Kier alpha value is -3.35. The molecule has 0 saturated carbocycles. The SMILES string of the molecule is O=C(COc1cc(C(=O)O)cc(C(=O)O)c1)NCc1ccccc1. The van der Waals surface area contributed by atoms with Crippen molar-refractivity contribution in [3.8, 4) is 5.75 Å². The maximum Gasteiger partial charge on any atom is 0.335 e. The fourth-order valence-electron chi connectivity index (χ4n) is 1.93. The van der Waals surface area contributed by atoms with Crippen molar-refractivity contribution >= 4 is 17.8 Å². The fourth-order valence-corrected chi connectivity index (χ4v) is 1.93. The number of hydrogen-bond donors (Lipinski definition) is 3. The number of rotatable bonds is 7. The molecule has 0 radical (unpaired) electrons. The van der Waals surface area contributed by atoms with E-state index < -0.39 is 17.8 Å². The van der Waals surface area contributed by atoms with Crippen molar-refractivity contribution in [3.05, 3.63) is 65.2 Å². The molecule has 7 heteroatoms. The van der Waals surface area contributed by atoms with Gasteiger partial charge in [0.2, 0.25) is 0 Å². The van der Waals surface area contributed by atoms with Crippen LogP contribution in [0.5, 0.6) is 5.75 Å².